The molecule has 0 aliphatic carbocycles. The maximum Gasteiger partial charge on any atom is 0.338 e. The van der Waals surface area contributed by atoms with Gasteiger partial charge < -0.3 is 14.8 Å². The van der Waals surface area contributed by atoms with Gasteiger partial charge in [0.1, 0.15) is 12.1 Å². The van der Waals surface area contributed by atoms with E-state index < -0.39 is 22.6 Å². The molecule has 1 fully saturated rings. The van der Waals surface area contributed by atoms with Crippen molar-refractivity contribution in [1.82, 2.24) is 10.2 Å². The minimum Gasteiger partial charge on any atom is -0.467 e. The summed E-state index contributed by atoms with van der Waals surface area (Å²) in [5.41, 5.74) is -1.20. The molecule has 7 heteroatoms. The average molecular weight is 467 g/mol. The highest BCUT2D eigenvalue weighted by Crippen LogP contribution is 2.44. The third-order valence-electron chi connectivity index (χ3n) is 6.45. The van der Waals surface area contributed by atoms with Crippen LogP contribution in [0, 0.1) is 0 Å². The van der Waals surface area contributed by atoms with E-state index in [-0.39, 0.29) is 18.5 Å². The molecule has 0 saturated carbocycles. The zero-order chi connectivity index (χ0) is 25.0. The molecule has 182 valence electrons. The first kappa shape index (κ1) is 25.4. The van der Waals surface area contributed by atoms with Gasteiger partial charge in [-0.1, -0.05) is 36.4 Å². The van der Waals surface area contributed by atoms with Gasteiger partial charge in [-0.3, -0.25) is 9.69 Å². The van der Waals surface area contributed by atoms with Gasteiger partial charge >= 0.3 is 11.9 Å². The molecule has 34 heavy (non-hydrogen) atoms. The van der Waals surface area contributed by atoms with Crippen molar-refractivity contribution in [3.63, 3.8) is 0 Å². The van der Waals surface area contributed by atoms with Crippen molar-refractivity contribution in [2.24, 2.45) is 0 Å². The monoisotopic (exact) mass is 466 g/mol. The van der Waals surface area contributed by atoms with Crippen LogP contribution in [-0.2, 0) is 14.3 Å². The number of rotatable bonds is 7. The van der Waals surface area contributed by atoms with E-state index in [1.807, 2.05) is 39.8 Å². The second-order valence-corrected chi connectivity index (χ2v) is 10.0. The molecule has 1 heterocycles. The van der Waals surface area contributed by atoms with Gasteiger partial charge in [-0.15, -0.1) is 0 Å². The number of amides is 1. The molecular formula is C27H34N2O5. The van der Waals surface area contributed by atoms with Crippen LogP contribution >= 0.6 is 0 Å². The van der Waals surface area contributed by atoms with Crippen molar-refractivity contribution in [1.29, 1.82) is 0 Å². The van der Waals surface area contributed by atoms with Crippen LogP contribution in [0.15, 0.2) is 60.7 Å². The van der Waals surface area contributed by atoms with E-state index >= 15 is 0 Å². The molecule has 7 nitrogen and oxygen atoms in total. The van der Waals surface area contributed by atoms with Crippen LogP contribution in [0.4, 0.5) is 0 Å². The van der Waals surface area contributed by atoms with E-state index in [1.165, 1.54) is 7.11 Å². The van der Waals surface area contributed by atoms with Crippen LogP contribution in [0.1, 0.15) is 61.3 Å². The molecule has 0 atom stereocenters. The van der Waals surface area contributed by atoms with Crippen molar-refractivity contribution >= 4 is 17.8 Å². The Morgan fingerprint density at radius 1 is 0.853 bits per heavy atom. The molecule has 1 amide bonds. The number of carbonyl (C=O) groups is 3. The van der Waals surface area contributed by atoms with Gasteiger partial charge in [-0.05, 0) is 64.8 Å². The summed E-state index contributed by atoms with van der Waals surface area (Å²) >= 11 is 0. The molecule has 0 unspecified atom stereocenters. The second-order valence-electron chi connectivity index (χ2n) is 10.0. The maximum atomic E-state index is 13.1. The molecule has 0 aromatic heterocycles. The number of piperidine rings is 1. The maximum absolute atomic E-state index is 13.1. The smallest absolute Gasteiger partial charge is 0.338 e. The predicted octanol–water partition coefficient (Wildman–Crippen LogP) is 3.84. The number of nitrogens with zero attached hydrogens (tertiary/aromatic N) is 1. The molecule has 1 aliphatic rings. The van der Waals surface area contributed by atoms with E-state index in [9.17, 15) is 14.4 Å². The average Bonchev–Trinajstić information content (AvgIpc) is 2.80. The van der Waals surface area contributed by atoms with Crippen LogP contribution < -0.4 is 5.32 Å². The van der Waals surface area contributed by atoms with E-state index in [0.717, 1.165) is 0 Å². The van der Waals surface area contributed by atoms with Crippen LogP contribution in [-0.4, -0.2) is 59.6 Å². The zero-order valence-electron chi connectivity index (χ0n) is 20.6. The third kappa shape index (κ3) is 5.47. The Morgan fingerprint density at radius 2 is 1.35 bits per heavy atom. The van der Waals surface area contributed by atoms with Crippen molar-refractivity contribution in [3.8, 4) is 0 Å². The van der Waals surface area contributed by atoms with Crippen molar-refractivity contribution in [2.75, 3.05) is 20.3 Å². The molecule has 3 rings (SSSR count). The van der Waals surface area contributed by atoms with E-state index in [1.54, 1.807) is 48.5 Å². The fourth-order valence-corrected chi connectivity index (χ4v) is 5.40. The first-order valence-corrected chi connectivity index (χ1v) is 11.5. The molecule has 2 aromatic carbocycles. The predicted molar refractivity (Wildman–Crippen MR) is 129 cm³/mol. The van der Waals surface area contributed by atoms with Crippen molar-refractivity contribution in [3.05, 3.63) is 71.8 Å². The van der Waals surface area contributed by atoms with Gasteiger partial charge in [0, 0.05) is 23.2 Å². The van der Waals surface area contributed by atoms with Crippen LogP contribution in [0.2, 0.25) is 0 Å². The largest absolute Gasteiger partial charge is 0.467 e. The van der Waals surface area contributed by atoms with E-state index in [2.05, 4.69) is 10.2 Å². The quantitative estimate of drug-likeness (QED) is 0.624. The topological polar surface area (TPSA) is 84.9 Å². The van der Waals surface area contributed by atoms with Crippen molar-refractivity contribution in [2.45, 2.75) is 57.2 Å². The summed E-state index contributed by atoms with van der Waals surface area (Å²) in [6.45, 7) is 8.81. The Bertz CT molecular complexity index is 1000. The highest BCUT2D eigenvalue weighted by atomic mass is 16.5. The lowest BCUT2D eigenvalue weighted by atomic mass is 9.68. The molecule has 0 spiro atoms. The second kappa shape index (κ2) is 9.97. The number of carbonyl (C=O) groups excluding carboxylic acids is 3. The Labute approximate surface area is 201 Å². The van der Waals surface area contributed by atoms with Gasteiger partial charge in [0.05, 0.1) is 12.7 Å². The van der Waals surface area contributed by atoms with Crippen LogP contribution in [0.5, 0.6) is 0 Å². The number of likely N-dealkylation sites (tertiary alicyclic amines) is 1. The Kier molecular flexibility index (Phi) is 7.46. The number of ether oxygens (including phenoxy) is 2. The summed E-state index contributed by atoms with van der Waals surface area (Å²) in [6.07, 6.45) is 0.697. The number of methoxy groups -OCH3 is 1. The summed E-state index contributed by atoms with van der Waals surface area (Å²) < 4.78 is 10.7. The fraction of sp³-hybridized carbons (Fsp3) is 0.444. The van der Waals surface area contributed by atoms with Gasteiger partial charge in [0.2, 0.25) is 0 Å². The Hall–Kier alpha value is -3.19. The first-order chi connectivity index (χ1) is 16.0. The molecule has 1 aliphatic heterocycles. The number of benzene rings is 2. The lowest BCUT2D eigenvalue weighted by Gasteiger charge is -2.58. The highest BCUT2D eigenvalue weighted by Gasteiger charge is 2.57. The number of esters is 2. The molecule has 2 aromatic rings. The summed E-state index contributed by atoms with van der Waals surface area (Å²) in [5, 5.41) is 3.00. The minimum absolute atomic E-state index is 0.211. The van der Waals surface area contributed by atoms with E-state index in [4.69, 9.17) is 9.47 Å². The summed E-state index contributed by atoms with van der Waals surface area (Å²) in [7, 11) is 1.34. The fourth-order valence-electron chi connectivity index (χ4n) is 5.40. The lowest BCUT2D eigenvalue weighted by molar-refractivity contribution is -0.159. The Balaban J connectivity index is 1.77. The number of nitrogens with one attached hydrogen (secondary N) is 1. The number of hydrogen-bond donors (Lipinski definition) is 1. The molecule has 0 radical (unpaired) electrons. The third-order valence-corrected chi connectivity index (χ3v) is 6.45. The number of hydrogen-bond acceptors (Lipinski definition) is 6. The molecule has 1 N–H and O–H groups in total. The summed E-state index contributed by atoms with van der Waals surface area (Å²) in [5.74, 6) is -1.15. The van der Waals surface area contributed by atoms with E-state index in [0.29, 0.717) is 30.5 Å². The zero-order valence-corrected chi connectivity index (χ0v) is 20.6. The Morgan fingerprint density at radius 3 is 1.85 bits per heavy atom. The summed E-state index contributed by atoms with van der Waals surface area (Å²) in [6, 6.07) is 17.7. The molecule has 0 bridgehead atoms. The van der Waals surface area contributed by atoms with Crippen LogP contribution in [0.25, 0.3) is 0 Å². The van der Waals surface area contributed by atoms with Gasteiger partial charge in [-0.2, -0.15) is 0 Å². The standard InChI is InChI=1S/C27H34N2O5/c1-25(2)18-27(24(32)33-5,28-22(30)20-12-8-6-9-13-20)19-26(3,4)29(25)16-17-34-23(31)21-14-10-7-11-15-21/h6-15H,16-19H2,1-5H3,(H,28,30). The van der Waals surface area contributed by atoms with Gasteiger partial charge in [0.15, 0.2) is 0 Å². The SMILES string of the molecule is COC(=O)C1(NC(=O)c2ccccc2)CC(C)(C)N(CCOC(=O)c2ccccc2)C(C)(C)C1. The van der Waals surface area contributed by atoms with Crippen LogP contribution in [0.3, 0.4) is 0 Å². The summed E-state index contributed by atoms with van der Waals surface area (Å²) in [4.78, 5) is 40.7. The molecular weight excluding hydrogens is 432 g/mol. The first-order valence-electron chi connectivity index (χ1n) is 11.5. The van der Waals surface area contributed by atoms with Gasteiger partial charge in [-0.25, -0.2) is 9.59 Å². The van der Waals surface area contributed by atoms with Crippen molar-refractivity contribution < 1.29 is 23.9 Å². The lowest BCUT2D eigenvalue weighted by Crippen LogP contribution is -2.72. The normalized spacial score (nSPS) is 18.5. The van der Waals surface area contributed by atoms with Gasteiger partial charge in [0.25, 0.3) is 5.91 Å². The highest BCUT2D eigenvalue weighted by molar-refractivity contribution is 5.98. The molecule has 1 saturated heterocycles. The minimum atomic E-state index is -1.19.